The summed E-state index contributed by atoms with van der Waals surface area (Å²) in [6.45, 7) is 6.92. The van der Waals surface area contributed by atoms with Crippen LogP contribution in [0.1, 0.15) is 78.1 Å². The van der Waals surface area contributed by atoms with Crippen molar-refractivity contribution in [1.82, 2.24) is 4.57 Å². The van der Waals surface area contributed by atoms with Crippen molar-refractivity contribution in [3.05, 3.63) is 42.7 Å². The first-order valence-corrected chi connectivity index (χ1v) is 11.1. The van der Waals surface area contributed by atoms with Crippen LogP contribution in [0, 0.1) is 0 Å². The van der Waals surface area contributed by atoms with Gasteiger partial charge in [-0.3, -0.25) is 0 Å². The Balaban J connectivity index is 1.61. The summed E-state index contributed by atoms with van der Waals surface area (Å²) >= 11 is 0. The number of ether oxygens (including phenoxy) is 1. The largest absolute Gasteiger partial charge is 0.342 e. The van der Waals surface area contributed by atoms with Gasteiger partial charge in [0.15, 0.2) is 6.73 Å². The second-order valence-corrected chi connectivity index (χ2v) is 7.46. The van der Waals surface area contributed by atoms with Gasteiger partial charge in [-0.1, -0.05) is 82.9 Å². The van der Waals surface area contributed by atoms with Crippen molar-refractivity contribution in [2.45, 2.75) is 91.3 Å². The van der Waals surface area contributed by atoms with E-state index in [0.717, 1.165) is 13.2 Å². The van der Waals surface area contributed by atoms with Crippen LogP contribution in [0.15, 0.2) is 42.7 Å². The summed E-state index contributed by atoms with van der Waals surface area (Å²) in [5, 5.41) is 0. The molecule has 2 aromatic rings. The standard InChI is InChI=1S/C24H39N2O/c1-3-5-6-7-8-9-10-11-12-16-21-27-22-26-20-19-25(4-2)24(26)23-17-14-13-15-18-23/h13-15,17-20H,3-12,16,21-22H2,1-2H3/q+1. The van der Waals surface area contributed by atoms with Gasteiger partial charge < -0.3 is 4.74 Å². The minimum Gasteiger partial charge on any atom is -0.342 e. The Morgan fingerprint density at radius 2 is 1.44 bits per heavy atom. The second-order valence-electron chi connectivity index (χ2n) is 7.46. The molecule has 1 aromatic heterocycles. The van der Waals surface area contributed by atoms with Gasteiger partial charge in [0.05, 0.1) is 18.7 Å². The highest BCUT2D eigenvalue weighted by atomic mass is 16.5. The molecular weight excluding hydrogens is 332 g/mol. The van der Waals surface area contributed by atoms with E-state index in [-0.39, 0.29) is 0 Å². The van der Waals surface area contributed by atoms with Crippen LogP contribution in [0.4, 0.5) is 0 Å². The lowest BCUT2D eigenvalue weighted by Gasteiger charge is -2.06. The quantitative estimate of drug-likeness (QED) is 0.263. The van der Waals surface area contributed by atoms with Crippen molar-refractivity contribution in [3.8, 4) is 11.4 Å². The summed E-state index contributed by atoms with van der Waals surface area (Å²) in [4.78, 5) is 0. The van der Waals surface area contributed by atoms with Crippen molar-refractivity contribution in [1.29, 1.82) is 0 Å². The summed E-state index contributed by atoms with van der Waals surface area (Å²) in [6.07, 6.45) is 17.9. The third-order valence-electron chi connectivity index (χ3n) is 5.22. The first-order valence-electron chi connectivity index (χ1n) is 11.1. The Hall–Kier alpha value is -1.61. The number of imidazole rings is 1. The molecule has 3 nitrogen and oxygen atoms in total. The van der Waals surface area contributed by atoms with Gasteiger partial charge in [-0.2, -0.15) is 0 Å². The van der Waals surface area contributed by atoms with Crippen LogP contribution in [-0.4, -0.2) is 11.2 Å². The minimum atomic E-state index is 0.634. The van der Waals surface area contributed by atoms with E-state index in [1.807, 2.05) is 0 Å². The highest BCUT2D eigenvalue weighted by Gasteiger charge is 2.17. The lowest BCUT2D eigenvalue weighted by atomic mass is 10.1. The summed E-state index contributed by atoms with van der Waals surface area (Å²) in [5.41, 5.74) is 1.24. The molecule has 0 unspecified atom stereocenters. The fourth-order valence-corrected chi connectivity index (χ4v) is 3.60. The maximum Gasteiger partial charge on any atom is 0.290 e. The van der Waals surface area contributed by atoms with Gasteiger partial charge in [0, 0.05) is 0 Å². The smallest absolute Gasteiger partial charge is 0.290 e. The maximum absolute atomic E-state index is 5.96. The average molecular weight is 372 g/mol. The van der Waals surface area contributed by atoms with Crippen LogP contribution in [0.3, 0.4) is 0 Å². The Bertz CT molecular complexity index is 606. The molecule has 150 valence electrons. The number of hydrogen-bond acceptors (Lipinski definition) is 1. The first-order chi connectivity index (χ1) is 13.4. The molecule has 0 N–H and O–H groups in total. The Kier molecular flexibility index (Phi) is 10.9. The van der Waals surface area contributed by atoms with E-state index < -0.39 is 0 Å². The van der Waals surface area contributed by atoms with Gasteiger partial charge in [-0.25, -0.2) is 9.13 Å². The number of hydrogen-bond donors (Lipinski definition) is 0. The molecule has 27 heavy (non-hydrogen) atoms. The topological polar surface area (TPSA) is 18.0 Å². The summed E-state index contributed by atoms with van der Waals surface area (Å²) < 4.78 is 10.5. The Labute approximate surface area is 166 Å². The normalized spacial score (nSPS) is 11.2. The predicted molar refractivity (Wildman–Crippen MR) is 114 cm³/mol. The van der Waals surface area contributed by atoms with E-state index in [1.165, 1.54) is 75.6 Å². The zero-order chi connectivity index (χ0) is 19.2. The molecule has 0 aliphatic rings. The summed E-state index contributed by atoms with van der Waals surface area (Å²) in [6, 6.07) is 10.6. The van der Waals surface area contributed by atoms with Crippen LogP contribution in [-0.2, 0) is 18.0 Å². The SMILES string of the molecule is CCCCCCCCCCCCOC[n+]1ccn(CC)c1-c1ccccc1. The number of benzene rings is 1. The van der Waals surface area contributed by atoms with Crippen molar-refractivity contribution >= 4 is 0 Å². The van der Waals surface area contributed by atoms with E-state index in [0.29, 0.717) is 6.73 Å². The van der Waals surface area contributed by atoms with Crippen molar-refractivity contribution in [3.63, 3.8) is 0 Å². The molecule has 0 saturated carbocycles. The Morgan fingerprint density at radius 1 is 0.815 bits per heavy atom. The molecule has 3 heteroatoms. The molecule has 0 radical (unpaired) electrons. The van der Waals surface area contributed by atoms with Crippen LogP contribution in [0.25, 0.3) is 11.4 Å². The van der Waals surface area contributed by atoms with Gasteiger partial charge in [0.1, 0.15) is 12.4 Å². The number of aromatic nitrogens is 2. The summed E-state index contributed by atoms with van der Waals surface area (Å²) in [7, 11) is 0. The maximum atomic E-state index is 5.96. The number of unbranched alkanes of at least 4 members (excludes halogenated alkanes) is 9. The van der Waals surface area contributed by atoms with Gasteiger partial charge in [0.25, 0.3) is 5.82 Å². The highest BCUT2D eigenvalue weighted by molar-refractivity contribution is 5.52. The van der Waals surface area contributed by atoms with Crippen molar-refractivity contribution in [2.24, 2.45) is 0 Å². The lowest BCUT2D eigenvalue weighted by molar-refractivity contribution is -0.722. The molecule has 0 atom stereocenters. The highest BCUT2D eigenvalue weighted by Crippen LogP contribution is 2.15. The average Bonchev–Trinajstić information content (AvgIpc) is 3.12. The van der Waals surface area contributed by atoms with Gasteiger partial charge >= 0.3 is 0 Å². The molecule has 1 heterocycles. The molecule has 0 fully saturated rings. The fraction of sp³-hybridized carbons (Fsp3) is 0.625. The molecule has 0 aliphatic heterocycles. The van der Waals surface area contributed by atoms with Crippen LogP contribution in [0.5, 0.6) is 0 Å². The first kappa shape index (κ1) is 21.7. The van der Waals surface area contributed by atoms with E-state index in [4.69, 9.17) is 4.74 Å². The fourth-order valence-electron chi connectivity index (χ4n) is 3.60. The third kappa shape index (κ3) is 7.88. The predicted octanol–water partition coefficient (Wildman–Crippen LogP) is 6.36. The monoisotopic (exact) mass is 371 g/mol. The third-order valence-corrected chi connectivity index (χ3v) is 5.22. The van der Waals surface area contributed by atoms with E-state index >= 15 is 0 Å². The molecule has 0 aliphatic carbocycles. The number of aryl methyl sites for hydroxylation is 1. The molecular formula is C24H39N2O+. The number of rotatable bonds is 15. The summed E-state index contributed by atoms with van der Waals surface area (Å²) in [5.74, 6) is 1.22. The van der Waals surface area contributed by atoms with Crippen molar-refractivity contribution < 1.29 is 9.30 Å². The molecule has 0 bridgehead atoms. The Morgan fingerprint density at radius 3 is 2.07 bits per heavy atom. The van der Waals surface area contributed by atoms with Crippen molar-refractivity contribution in [2.75, 3.05) is 6.61 Å². The van der Waals surface area contributed by atoms with E-state index in [1.54, 1.807) is 0 Å². The van der Waals surface area contributed by atoms with E-state index in [9.17, 15) is 0 Å². The molecule has 2 rings (SSSR count). The second kappa shape index (κ2) is 13.5. The van der Waals surface area contributed by atoms with Crippen LogP contribution < -0.4 is 4.57 Å². The molecule has 0 spiro atoms. The molecule has 1 aromatic carbocycles. The lowest BCUT2D eigenvalue weighted by Crippen LogP contribution is -2.36. The van der Waals surface area contributed by atoms with Gasteiger partial charge in [0.2, 0.25) is 0 Å². The molecule has 0 amide bonds. The minimum absolute atomic E-state index is 0.634. The molecule has 0 saturated heterocycles. The van der Waals surface area contributed by atoms with E-state index in [2.05, 4.69) is 65.7 Å². The van der Waals surface area contributed by atoms with Gasteiger partial charge in [-0.15, -0.1) is 0 Å². The zero-order valence-corrected chi connectivity index (χ0v) is 17.5. The van der Waals surface area contributed by atoms with Gasteiger partial charge in [-0.05, 0) is 25.5 Å². The van der Waals surface area contributed by atoms with Crippen LogP contribution >= 0.6 is 0 Å². The zero-order valence-electron chi connectivity index (χ0n) is 17.5. The van der Waals surface area contributed by atoms with Crippen LogP contribution in [0.2, 0.25) is 0 Å². The number of nitrogens with zero attached hydrogens (tertiary/aromatic N) is 2.